The molecule has 1 saturated heterocycles. The summed E-state index contributed by atoms with van der Waals surface area (Å²) in [7, 11) is 0. The van der Waals surface area contributed by atoms with Crippen LogP contribution in [0.1, 0.15) is 50.5 Å². The number of nitrogens with one attached hydrogen (secondary N) is 1. The molecule has 1 N–H and O–H groups in total. The fourth-order valence-electron chi connectivity index (χ4n) is 3.93. The third-order valence-electron chi connectivity index (χ3n) is 5.44. The van der Waals surface area contributed by atoms with Crippen molar-refractivity contribution in [2.45, 2.75) is 57.5 Å². The van der Waals surface area contributed by atoms with E-state index in [0.29, 0.717) is 0 Å². The van der Waals surface area contributed by atoms with E-state index in [9.17, 15) is 0 Å². The fourth-order valence-corrected chi connectivity index (χ4v) is 3.93. The lowest BCUT2D eigenvalue weighted by molar-refractivity contribution is 0.201. The van der Waals surface area contributed by atoms with Crippen molar-refractivity contribution in [1.29, 1.82) is 0 Å². The molecule has 2 saturated carbocycles. The molecule has 2 unspecified atom stereocenters. The Hall–Kier alpha value is -1.16. The minimum absolute atomic E-state index is 0.745. The van der Waals surface area contributed by atoms with Gasteiger partial charge in [-0.15, -0.1) is 0 Å². The third kappa shape index (κ3) is 3.20. The smallest absolute Gasteiger partial charge is 0.225 e. The van der Waals surface area contributed by atoms with Gasteiger partial charge in [-0.3, -0.25) is 0 Å². The van der Waals surface area contributed by atoms with Crippen LogP contribution < -0.4 is 10.2 Å². The number of hydrogen-bond acceptors (Lipinski definition) is 4. The average Bonchev–Trinajstić information content (AvgIpc) is 3.37. The monoisotopic (exact) mass is 286 g/mol. The lowest BCUT2D eigenvalue weighted by atomic mass is 9.75. The van der Waals surface area contributed by atoms with Gasteiger partial charge in [0, 0.05) is 43.6 Å². The number of aromatic nitrogens is 2. The number of hydrogen-bond donors (Lipinski definition) is 1. The second-order valence-corrected chi connectivity index (χ2v) is 7.09. The van der Waals surface area contributed by atoms with Gasteiger partial charge in [-0.05, 0) is 37.5 Å². The molecule has 3 aliphatic rings. The summed E-state index contributed by atoms with van der Waals surface area (Å²) in [5.41, 5.74) is 1.21. The standard InChI is InChI=1S/C17H26N4/c1-2-4-15-12-21(8-7-14(15)3-1)17-19-10-13(11-20-17)9-18-16-5-6-16/h10-11,14-16,18H,1-9,12H2. The zero-order valence-electron chi connectivity index (χ0n) is 12.8. The predicted molar refractivity (Wildman–Crippen MR) is 84.2 cm³/mol. The van der Waals surface area contributed by atoms with E-state index in [0.717, 1.165) is 36.9 Å². The van der Waals surface area contributed by atoms with Gasteiger partial charge in [-0.2, -0.15) is 0 Å². The third-order valence-corrected chi connectivity index (χ3v) is 5.44. The topological polar surface area (TPSA) is 41.1 Å². The molecule has 2 atom stereocenters. The minimum Gasteiger partial charge on any atom is -0.341 e. The van der Waals surface area contributed by atoms with Crippen molar-refractivity contribution in [3.8, 4) is 0 Å². The highest BCUT2D eigenvalue weighted by Crippen LogP contribution is 2.36. The first-order chi connectivity index (χ1) is 10.4. The molecule has 1 aliphatic heterocycles. The Balaban J connectivity index is 1.36. The Morgan fingerprint density at radius 1 is 1.00 bits per heavy atom. The summed E-state index contributed by atoms with van der Waals surface area (Å²) in [6.45, 7) is 3.22. The SMILES string of the molecule is c1nc(N2CCC3CCCCC3C2)ncc1CNC1CC1. The maximum absolute atomic E-state index is 4.61. The van der Waals surface area contributed by atoms with Crippen molar-refractivity contribution in [2.75, 3.05) is 18.0 Å². The molecule has 4 nitrogen and oxygen atoms in total. The summed E-state index contributed by atoms with van der Waals surface area (Å²) in [6.07, 6.45) is 13.7. The maximum Gasteiger partial charge on any atom is 0.225 e. The number of rotatable bonds is 4. The molecule has 2 aliphatic carbocycles. The molecule has 1 aromatic heterocycles. The van der Waals surface area contributed by atoms with Crippen LogP contribution >= 0.6 is 0 Å². The Morgan fingerprint density at radius 2 is 1.76 bits per heavy atom. The number of nitrogens with zero attached hydrogens (tertiary/aromatic N) is 3. The van der Waals surface area contributed by atoms with Crippen molar-refractivity contribution in [3.63, 3.8) is 0 Å². The summed E-state index contributed by atoms with van der Waals surface area (Å²) in [5, 5.41) is 3.52. The molecule has 2 heterocycles. The van der Waals surface area contributed by atoms with Gasteiger partial charge in [0.05, 0.1) is 0 Å². The van der Waals surface area contributed by atoms with Gasteiger partial charge in [0.15, 0.2) is 0 Å². The van der Waals surface area contributed by atoms with Crippen LogP contribution in [-0.4, -0.2) is 29.1 Å². The van der Waals surface area contributed by atoms with Crippen LogP contribution in [-0.2, 0) is 6.54 Å². The summed E-state index contributed by atoms with van der Waals surface area (Å²) >= 11 is 0. The van der Waals surface area contributed by atoms with Crippen LogP contribution in [0.15, 0.2) is 12.4 Å². The molecule has 3 fully saturated rings. The number of fused-ring (bicyclic) bond motifs is 1. The second kappa shape index (κ2) is 5.91. The average molecular weight is 286 g/mol. The van der Waals surface area contributed by atoms with Crippen LogP contribution in [0.3, 0.4) is 0 Å². The van der Waals surface area contributed by atoms with Gasteiger partial charge in [0.2, 0.25) is 5.95 Å². The summed E-state index contributed by atoms with van der Waals surface area (Å²) in [5.74, 6) is 2.79. The lowest BCUT2D eigenvalue weighted by Gasteiger charge is -2.41. The van der Waals surface area contributed by atoms with Crippen LogP contribution in [0.4, 0.5) is 5.95 Å². The van der Waals surface area contributed by atoms with E-state index in [1.165, 1.54) is 57.1 Å². The van der Waals surface area contributed by atoms with Gasteiger partial charge < -0.3 is 10.2 Å². The second-order valence-electron chi connectivity index (χ2n) is 7.09. The Labute approximate surface area is 127 Å². The highest BCUT2D eigenvalue weighted by molar-refractivity contribution is 5.31. The molecule has 0 radical (unpaired) electrons. The molecule has 0 aromatic carbocycles. The highest BCUT2D eigenvalue weighted by atomic mass is 15.3. The first kappa shape index (κ1) is 13.5. The zero-order valence-corrected chi connectivity index (χ0v) is 12.8. The van der Waals surface area contributed by atoms with Crippen LogP contribution in [0.5, 0.6) is 0 Å². The molecular formula is C17H26N4. The lowest BCUT2D eigenvalue weighted by Crippen LogP contribution is -2.42. The van der Waals surface area contributed by atoms with Gasteiger partial charge >= 0.3 is 0 Å². The Morgan fingerprint density at radius 3 is 2.52 bits per heavy atom. The van der Waals surface area contributed by atoms with E-state index >= 15 is 0 Å². The molecule has 4 heteroatoms. The van der Waals surface area contributed by atoms with Crippen molar-refractivity contribution in [3.05, 3.63) is 18.0 Å². The molecule has 1 aromatic rings. The highest BCUT2D eigenvalue weighted by Gasteiger charge is 2.31. The van der Waals surface area contributed by atoms with E-state index in [1.807, 2.05) is 12.4 Å². The van der Waals surface area contributed by atoms with Crippen LogP contribution in [0, 0.1) is 11.8 Å². The van der Waals surface area contributed by atoms with Crippen LogP contribution in [0.25, 0.3) is 0 Å². The Bertz CT molecular complexity index is 468. The van der Waals surface area contributed by atoms with E-state index in [1.54, 1.807) is 0 Å². The largest absolute Gasteiger partial charge is 0.341 e. The molecule has 4 rings (SSSR count). The van der Waals surface area contributed by atoms with Crippen molar-refractivity contribution in [1.82, 2.24) is 15.3 Å². The molecule has 0 spiro atoms. The van der Waals surface area contributed by atoms with Crippen LogP contribution in [0.2, 0.25) is 0 Å². The van der Waals surface area contributed by atoms with Gasteiger partial charge in [-0.1, -0.05) is 19.3 Å². The van der Waals surface area contributed by atoms with Crippen molar-refractivity contribution < 1.29 is 0 Å². The fraction of sp³-hybridized carbons (Fsp3) is 0.765. The summed E-state index contributed by atoms with van der Waals surface area (Å²) in [4.78, 5) is 11.6. The molecule has 0 bridgehead atoms. The zero-order chi connectivity index (χ0) is 14.1. The normalized spacial score (nSPS) is 29.2. The van der Waals surface area contributed by atoms with E-state index in [2.05, 4.69) is 20.2 Å². The molecule has 0 amide bonds. The van der Waals surface area contributed by atoms with Gasteiger partial charge in [0.1, 0.15) is 0 Å². The van der Waals surface area contributed by atoms with E-state index in [4.69, 9.17) is 0 Å². The van der Waals surface area contributed by atoms with E-state index < -0.39 is 0 Å². The van der Waals surface area contributed by atoms with Gasteiger partial charge in [0.25, 0.3) is 0 Å². The van der Waals surface area contributed by atoms with Crippen molar-refractivity contribution in [2.24, 2.45) is 11.8 Å². The first-order valence-corrected chi connectivity index (χ1v) is 8.68. The molecule has 114 valence electrons. The minimum atomic E-state index is 0.745. The quantitative estimate of drug-likeness (QED) is 0.924. The molecule has 21 heavy (non-hydrogen) atoms. The predicted octanol–water partition coefficient (Wildman–Crippen LogP) is 2.75. The number of anilines is 1. The Kier molecular flexibility index (Phi) is 3.80. The van der Waals surface area contributed by atoms with E-state index in [-0.39, 0.29) is 0 Å². The summed E-state index contributed by atoms with van der Waals surface area (Å²) < 4.78 is 0. The maximum atomic E-state index is 4.61. The van der Waals surface area contributed by atoms with Crippen molar-refractivity contribution >= 4 is 5.95 Å². The first-order valence-electron chi connectivity index (χ1n) is 8.68. The van der Waals surface area contributed by atoms with Gasteiger partial charge in [-0.25, -0.2) is 9.97 Å². The summed E-state index contributed by atoms with van der Waals surface area (Å²) in [6, 6.07) is 0.745. The number of piperidine rings is 1. The molecular weight excluding hydrogens is 260 g/mol.